The smallest absolute Gasteiger partial charge is 0.160 e. The Kier molecular flexibility index (Phi) is 3.01. The molecule has 1 aromatic rings. The Morgan fingerprint density at radius 1 is 1.33 bits per heavy atom. The van der Waals surface area contributed by atoms with Crippen molar-refractivity contribution in [3.63, 3.8) is 0 Å². The van der Waals surface area contributed by atoms with E-state index in [9.17, 15) is 0 Å². The number of hydrazine groups is 1. The highest BCUT2D eigenvalue weighted by atomic mass is 15.3. The Labute approximate surface area is 89.5 Å². The van der Waals surface area contributed by atoms with Crippen LogP contribution in [0.2, 0.25) is 0 Å². The molecule has 0 spiro atoms. The van der Waals surface area contributed by atoms with Gasteiger partial charge in [-0.3, -0.25) is 4.98 Å². The third-order valence-corrected chi connectivity index (χ3v) is 2.98. The highest BCUT2D eigenvalue weighted by Gasteiger charge is 2.23. The lowest BCUT2D eigenvalue weighted by atomic mass is 10.1. The summed E-state index contributed by atoms with van der Waals surface area (Å²) in [5.41, 5.74) is 2.49. The van der Waals surface area contributed by atoms with Crippen LogP contribution in [-0.4, -0.2) is 16.0 Å². The fourth-order valence-electron chi connectivity index (χ4n) is 2.05. The molecule has 1 aromatic heterocycles. The van der Waals surface area contributed by atoms with E-state index in [0.29, 0.717) is 17.8 Å². The second-order valence-electron chi connectivity index (χ2n) is 4.09. The Balaban J connectivity index is 2.03. The molecular formula is C10H17N5. The third-order valence-electron chi connectivity index (χ3n) is 2.98. The van der Waals surface area contributed by atoms with Crippen molar-refractivity contribution in [2.45, 2.75) is 32.2 Å². The number of hydrogen-bond acceptors (Lipinski definition) is 5. The highest BCUT2D eigenvalue weighted by Crippen LogP contribution is 2.27. The van der Waals surface area contributed by atoms with E-state index in [1.807, 2.05) is 0 Å². The zero-order valence-electron chi connectivity index (χ0n) is 8.90. The number of anilines is 2. The van der Waals surface area contributed by atoms with Crippen molar-refractivity contribution in [1.82, 2.24) is 9.97 Å². The molecular weight excluding hydrogens is 190 g/mol. The van der Waals surface area contributed by atoms with Gasteiger partial charge in [0.15, 0.2) is 5.82 Å². The fourth-order valence-corrected chi connectivity index (χ4v) is 2.05. The molecule has 5 nitrogen and oxygen atoms in total. The predicted octanol–water partition coefficient (Wildman–Crippen LogP) is 1.36. The van der Waals surface area contributed by atoms with Crippen LogP contribution in [0.5, 0.6) is 0 Å². The van der Waals surface area contributed by atoms with Crippen LogP contribution >= 0.6 is 0 Å². The summed E-state index contributed by atoms with van der Waals surface area (Å²) in [7, 11) is 0. The molecule has 15 heavy (non-hydrogen) atoms. The van der Waals surface area contributed by atoms with Gasteiger partial charge in [-0.2, -0.15) is 0 Å². The summed E-state index contributed by atoms with van der Waals surface area (Å²) in [5.74, 6) is 7.37. The molecule has 0 amide bonds. The molecule has 2 rings (SSSR count). The molecule has 1 fully saturated rings. The molecule has 0 radical (unpaired) electrons. The Morgan fingerprint density at radius 3 is 2.80 bits per heavy atom. The molecule has 0 aromatic carbocycles. The minimum atomic E-state index is 0.521. The summed E-state index contributed by atoms with van der Waals surface area (Å²) in [5, 5.41) is 3.40. The first-order valence-electron chi connectivity index (χ1n) is 5.35. The van der Waals surface area contributed by atoms with Crippen LogP contribution in [0.25, 0.3) is 0 Å². The van der Waals surface area contributed by atoms with Crippen molar-refractivity contribution >= 4 is 11.6 Å². The Hall–Kier alpha value is -1.36. The topological polar surface area (TPSA) is 75.9 Å². The van der Waals surface area contributed by atoms with Crippen molar-refractivity contribution < 1.29 is 0 Å². The number of nitrogen functional groups attached to an aromatic ring is 1. The zero-order valence-corrected chi connectivity index (χ0v) is 8.90. The maximum absolute atomic E-state index is 5.27. The summed E-state index contributed by atoms with van der Waals surface area (Å²) in [6.45, 7) is 2.27. The van der Waals surface area contributed by atoms with Gasteiger partial charge >= 0.3 is 0 Å². The van der Waals surface area contributed by atoms with E-state index >= 15 is 0 Å². The van der Waals surface area contributed by atoms with Gasteiger partial charge in [0.1, 0.15) is 5.82 Å². The summed E-state index contributed by atoms with van der Waals surface area (Å²) in [6.07, 6.45) is 7.12. The summed E-state index contributed by atoms with van der Waals surface area (Å²) < 4.78 is 0. The standard InChI is InChI=1S/C10H17N5/c1-7-3-2-4-8(7)13-9-5-12-6-10(14-9)15-11/h5-8H,2-4,11H2,1H3,(H2,13,14,15). The van der Waals surface area contributed by atoms with E-state index in [1.54, 1.807) is 12.4 Å². The fraction of sp³-hybridized carbons (Fsp3) is 0.600. The molecule has 4 N–H and O–H groups in total. The zero-order chi connectivity index (χ0) is 10.7. The van der Waals surface area contributed by atoms with Gasteiger partial charge in [0.25, 0.3) is 0 Å². The molecule has 1 aliphatic rings. The quantitative estimate of drug-likeness (QED) is 0.515. The van der Waals surface area contributed by atoms with Gasteiger partial charge in [-0.25, -0.2) is 10.8 Å². The molecule has 82 valence electrons. The minimum Gasteiger partial charge on any atom is -0.366 e. The largest absolute Gasteiger partial charge is 0.366 e. The predicted molar refractivity (Wildman–Crippen MR) is 60.3 cm³/mol. The molecule has 1 aliphatic carbocycles. The van der Waals surface area contributed by atoms with Gasteiger partial charge < -0.3 is 10.7 Å². The van der Waals surface area contributed by atoms with Crippen molar-refractivity contribution in [3.05, 3.63) is 12.4 Å². The van der Waals surface area contributed by atoms with E-state index in [1.165, 1.54) is 19.3 Å². The number of nitrogens with zero attached hydrogens (tertiary/aromatic N) is 2. The lowest BCUT2D eigenvalue weighted by molar-refractivity contribution is 0.554. The molecule has 2 unspecified atom stereocenters. The number of hydrogen-bond donors (Lipinski definition) is 3. The maximum atomic E-state index is 5.27. The van der Waals surface area contributed by atoms with Crippen molar-refractivity contribution in [2.75, 3.05) is 10.7 Å². The molecule has 1 saturated carbocycles. The Bertz CT molecular complexity index is 327. The van der Waals surface area contributed by atoms with Crippen molar-refractivity contribution in [3.8, 4) is 0 Å². The number of rotatable bonds is 3. The van der Waals surface area contributed by atoms with Crippen LogP contribution in [0, 0.1) is 5.92 Å². The van der Waals surface area contributed by atoms with Crippen LogP contribution in [0.3, 0.4) is 0 Å². The molecule has 0 bridgehead atoms. The van der Waals surface area contributed by atoms with Crippen LogP contribution < -0.4 is 16.6 Å². The van der Waals surface area contributed by atoms with E-state index in [2.05, 4.69) is 27.6 Å². The first-order chi connectivity index (χ1) is 7.29. The van der Waals surface area contributed by atoms with Crippen LogP contribution in [0.4, 0.5) is 11.6 Å². The average Bonchev–Trinajstić information content (AvgIpc) is 2.65. The van der Waals surface area contributed by atoms with Crippen LogP contribution in [0.1, 0.15) is 26.2 Å². The van der Waals surface area contributed by atoms with E-state index < -0.39 is 0 Å². The first kappa shape index (κ1) is 10.2. The monoisotopic (exact) mass is 207 g/mol. The SMILES string of the molecule is CC1CCCC1Nc1cncc(NN)n1. The number of nitrogens with two attached hydrogens (primary N) is 1. The average molecular weight is 207 g/mol. The second-order valence-corrected chi connectivity index (χ2v) is 4.09. The maximum Gasteiger partial charge on any atom is 0.160 e. The molecule has 1 heterocycles. The first-order valence-corrected chi connectivity index (χ1v) is 5.35. The van der Waals surface area contributed by atoms with Crippen LogP contribution in [-0.2, 0) is 0 Å². The Morgan fingerprint density at radius 2 is 2.13 bits per heavy atom. The number of aromatic nitrogens is 2. The van der Waals surface area contributed by atoms with Gasteiger partial charge in [0.2, 0.25) is 0 Å². The second kappa shape index (κ2) is 4.44. The lowest BCUT2D eigenvalue weighted by Crippen LogP contribution is -2.23. The van der Waals surface area contributed by atoms with Crippen molar-refractivity contribution in [1.29, 1.82) is 0 Å². The normalized spacial score (nSPS) is 25.2. The number of nitrogens with one attached hydrogen (secondary N) is 2. The van der Waals surface area contributed by atoms with Crippen molar-refractivity contribution in [2.24, 2.45) is 11.8 Å². The van der Waals surface area contributed by atoms with Gasteiger partial charge in [0, 0.05) is 6.04 Å². The molecule has 5 heteroatoms. The summed E-state index contributed by atoms with van der Waals surface area (Å²) in [6, 6.07) is 0.521. The van der Waals surface area contributed by atoms with Gasteiger partial charge in [-0.1, -0.05) is 13.3 Å². The van der Waals surface area contributed by atoms with Gasteiger partial charge in [0.05, 0.1) is 12.4 Å². The van der Waals surface area contributed by atoms with Crippen LogP contribution in [0.15, 0.2) is 12.4 Å². The van der Waals surface area contributed by atoms with Gasteiger partial charge in [-0.15, -0.1) is 0 Å². The lowest BCUT2D eigenvalue weighted by Gasteiger charge is -2.17. The van der Waals surface area contributed by atoms with E-state index in [0.717, 1.165) is 5.82 Å². The molecule has 2 atom stereocenters. The highest BCUT2D eigenvalue weighted by molar-refractivity contribution is 5.41. The summed E-state index contributed by atoms with van der Waals surface area (Å²) in [4.78, 5) is 8.33. The van der Waals surface area contributed by atoms with E-state index in [-0.39, 0.29) is 0 Å². The van der Waals surface area contributed by atoms with E-state index in [4.69, 9.17) is 5.84 Å². The van der Waals surface area contributed by atoms with Gasteiger partial charge in [-0.05, 0) is 18.8 Å². The summed E-state index contributed by atoms with van der Waals surface area (Å²) >= 11 is 0. The molecule has 0 aliphatic heterocycles. The molecule has 0 saturated heterocycles. The third kappa shape index (κ3) is 2.36. The minimum absolute atomic E-state index is 0.521.